The van der Waals surface area contributed by atoms with E-state index in [0.717, 1.165) is 5.56 Å². The summed E-state index contributed by atoms with van der Waals surface area (Å²) in [6.07, 6.45) is 1.59. The number of hydrogen-bond acceptors (Lipinski definition) is 6. The lowest BCUT2D eigenvalue weighted by atomic mass is 10.1. The summed E-state index contributed by atoms with van der Waals surface area (Å²) < 4.78 is 7.24. The molecule has 8 heteroatoms. The monoisotopic (exact) mass is 483 g/mol. The lowest BCUT2D eigenvalue weighted by Gasteiger charge is -2.19. The molecule has 184 valence electrons. The van der Waals surface area contributed by atoms with Gasteiger partial charge in [0.05, 0.1) is 29.6 Å². The van der Waals surface area contributed by atoms with E-state index < -0.39 is 0 Å². The second-order valence-electron chi connectivity index (χ2n) is 8.58. The maximum Gasteiger partial charge on any atom is 0.260 e. The molecule has 4 aromatic rings. The van der Waals surface area contributed by atoms with E-state index >= 15 is 0 Å². The second kappa shape index (κ2) is 11.3. The average Bonchev–Trinajstić information content (AvgIpc) is 2.86. The highest BCUT2D eigenvalue weighted by Crippen LogP contribution is 2.21. The number of anilines is 2. The number of aromatic nitrogens is 3. The van der Waals surface area contributed by atoms with Gasteiger partial charge in [-0.15, -0.1) is 0 Å². The van der Waals surface area contributed by atoms with Crippen molar-refractivity contribution in [2.45, 2.75) is 40.0 Å². The molecule has 0 spiro atoms. The highest BCUT2D eigenvalue weighted by molar-refractivity contribution is 6.08. The first-order chi connectivity index (χ1) is 17.4. The molecule has 2 N–H and O–H groups in total. The Kier molecular flexibility index (Phi) is 7.75. The Morgan fingerprint density at radius 1 is 1.03 bits per heavy atom. The van der Waals surface area contributed by atoms with Crippen molar-refractivity contribution in [2.24, 2.45) is 0 Å². The van der Waals surface area contributed by atoms with E-state index in [1.807, 2.05) is 56.3 Å². The average molecular weight is 484 g/mol. The van der Waals surface area contributed by atoms with Crippen LogP contribution in [0.1, 0.15) is 41.2 Å². The van der Waals surface area contributed by atoms with Crippen molar-refractivity contribution in [3.05, 3.63) is 112 Å². The number of nitrogens with one attached hydrogen (secondary N) is 2. The van der Waals surface area contributed by atoms with E-state index in [-0.39, 0.29) is 24.1 Å². The minimum atomic E-state index is -0.361. The molecule has 3 aromatic heterocycles. The predicted molar refractivity (Wildman–Crippen MR) is 141 cm³/mol. The lowest BCUT2D eigenvalue weighted by Crippen LogP contribution is -2.28. The van der Waals surface area contributed by atoms with Crippen LogP contribution in [0.5, 0.6) is 5.88 Å². The molecule has 0 bridgehead atoms. The number of hydrogen-bond donors (Lipinski definition) is 2. The molecule has 0 saturated heterocycles. The van der Waals surface area contributed by atoms with Crippen molar-refractivity contribution in [3.63, 3.8) is 0 Å². The Morgan fingerprint density at radius 2 is 1.81 bits per heavy atom. The van der Waals surface area contributed by atoms with Crippen molar-refractivity contribution < 1.29 is 9.53 Å². The van der Waals surface area contributed by atoms with Gasteiger partial charge in [-0.25, -0.2) is 9.97 Å². The molecule has 0 aliphatic heterocycles. The highest BCUT2D eigenvalue weighted by Gasteiger charge is 2.20. The number of rotatable bonds is 9. The van der Waals surface area contributed by atoms with Gasteiger partial charge < -0.3 is 19.9 Å². The van der Waals surface area contributed by atoms with Gasteiger partial charge in [0, 0.05) is 30.6 Å². The molecular weight excluding hydrogens is 454 g/mol. The van der Waals surface area contributed by atoms with E-state index in [4.69, 9.17) is 4.74 Å². The Hall–Kier alpha value is -4.46. The Balaban J connectivity index is 1.70. The molecular formula is C28H29N5O3. The van der Waals surface area contributed by atoms with E-state index in [2.05, 4.69) is 20.6 Å². The molecule has 0 saturated carbocycles. The van der Waals surface area contributed by atoms with Crippen molar-refractivity contribution in [1.29, 1.82) is 0 Å². The number of nitrogens with zero attached hydrogens (tertiary/aromatic N) is 3. The minimum Gasteiger partial charge on any atom is -0.475 e. The van der Waals surface area contributed by atoms with Gasteiger partial charge in [0.2, 0.25) is 5.88 Å². The summed E-state index contributed by atoms with van der Waals surface area (Å²) in [4.78, 5) is 35.3. The topological polar surface area (TPSA) is 98.1 Å². The molecule has 3 heterocycles. The summed E-state index contributed by atoms with van der Waals surface area (Å²) in [5.41, 5.74) is 2.78. The van der Waals surface area contributed by atoms with Crippen LogP contribution < -0.4 is 20.9 Å². The molecule has 4 rings (SSSR count). The molecule has 1 aromatic carbocycles. The minimum absolute atomic E-state index is 0.0194. The SMILES string of the molecule is Cc1c(C(=O)Nc2ccccn2)c(NCc2ccccc2)cc(=O)n1Cc1cccc(OC(C)C)n1. The summed E-state index contributed by atoms with van der Waals surface area (Å²) in [5, 5.41) is 6.11. The van der Waals surface area contributed by atoms with Crippen LogP contribution in [-0.4, -0.2) is 26.5 Å². The molecule has 0 aliphatic rings. The zero-order chi connectivity index (χ0) is 25.5. The van der Waals surface area contributed by atoms with Gasteiger partial charge in [-0.1, -0.05) is 42.5 Å². The lowest BCUT2D eigenvalue weighted by molar-refractivity contribution is 0.102. The fourth-order valence-electron chi connectivity index (χ4n) is 3.81. The van der Waals surface area contributed by atoms with Gasteiger partial charge in [-0.3, -0.25) is 9.59 Å². The van der Waals surface area contributed by atoms with Crippen LogP contribution in [0, 0.1) is 6.92 Å². The van der Waals surface area contributed by atoms with E-state index in [1.165, 1.54) is 6.07 Å². The van der Waals surface area contributed by atoms with E-state index in [9.17, 15) is 9.59 Å². The van der Waals surface area contributed by atoms with Crippen LogP contribution in [0.15, 0.2) is 83.8 Å². The summed E-state index contributed by atoms with van der Waals surface area (Å²) in [5.74, 6) is 0.552. The maximum atomic E-state index is 13.4. The van der Waals surface area contributed by atoms with Crippen molar-refractivity contribution in [2.75, 3.05) is 10.6 Å². The third-order valence-corrected chi connectivity index (χ3v) is 5.49. The zero-order valence-electron chi connectivity index (χ0n) is 20.6. The Morgan fingerprint density at radius 3 is 2.53 bits per heavy atom. The largest absolute Gasteiger partial charge is 0.475 e. The molecule has 0 unspecified atom stereocenters. The quantitative estimate of drug-likeness (QED) is 0.360. The summed E-state index contributed by atoms with van der Waals surface area (Å²) in [6, 6.07) is 22.0. The first-order valence-electron chi connectivity index (χ1n) is 11.8. The van der Waals surface area contributed by atoms with E-state index in [0.29, 0.717) is 40.9 Å². The van der Waals surface area contributed by atoms with Crippen molar-refractivity contribution >= 4 is 17.4 Å². The first kappa shape index (κ1) is 24.7. The molecule has 36 heavy (non-hydrogen) atoms. The van der Waals surface area contributed by atoms with Crippen molar-refractivity contribution in [1.82, 2.24) is 14.5 Å². The van der Waals surface area contributed by atoms with Gasteiger partial charge >= 0.3 is 0 Å². The number of amides is 1. The molecule has 0 aliphatic carbocycles. The third kappa shape index (κ3) is 6.15. The molecule has 8 nitrogen and oxygen atoms in total. The van der Waals surface area contributed by atoms with Crippen LogP contribution in [0.3, 0.4) is 0 Å². The number of pyridine rings is 3. The van der Waals surface area contributed by atoms with Crippen LogP contribution >= 0.6 is 0 Å². The van der Waals surface area contributed by atoms with Crippen LogP contribution in [0.25, 0.3) is 0 Å². The standard InChI is InChI=1S/C28H29N5O3/c1-19(2)36-25-14-9-12-22(31-25)18-33-20(3)27(28(35)32-24-13-7-8-15-29-24)23(16-26(33)34)30-17-21-10-5-4-6-11-21/h4-16,19,30H,17-18H2,1-3H3,(H,29,32,35). The molecule has 1 amide bonds. The first-order valence-corrected chi connectivity index (χ1v) is 11.8. The number of carbonyl (C=O) groups excluding carboxylic acids is 1. The van der Waals surface area contributed by atoms with Crippen LogP contribution in [-0.2, 0) is 13.1 Å². The molecule has 0 fully saturated rings. The zero-order valence-corrected chi connectivity index (χ0v) is 20.6. The number of ether oxygens (including phenoxy) is 1. The molecule has 0 radical (unpaired) electrons. The number of benzene rings is 1. The Bertz CT molecular complexity index is 1390. The van der Waals surface area contributed by atoms with Gasteiger partial charge in [0.25, 0.3) is 11.5 Å². The van der Waals surface area contributed by atoms with Crippen LogP contribution in [0.4, 0.5) is 11.5 Å². The normalized spacial score (nSPS) is 10.8. The van der Waals surface area contributed by atoms with Gasteiger partial charge in [0.1, 0.15) is 5.82 Å². The fourth-order valence-corrected chi connectivity index (χ4v) is 3.81. The fraction of sp³-hybridized carbons (Fsp3) is 0.214. The highest BCUT2D eigenvalue weighted by atomic mass is 16.5. The van der Waals surface area contributed by atoms with E-state index in [1.54, 1.807) is 42.0 Å². The van der Waals surface area contributed by atoms with Crippen molar-refractivity contribution in [3.8, 4) is 5.88 Å². The van der Waals surface area contributed by atoms with Gasteiger partial charge in [0.15, 0.2) is 0 Å². The maximum absolute atomic E-state index is 13.4. The molecule has 0 atom stereocenters. The smallest absolute Gasteiger partial charge is 0.260 e. The predicted octanol–water partition coefficient (Wildman–Crippen LogP) is 4.65. The summed E-state index contributed by atoms with van der Waals surface area (Å²) in [7, 11) is 0. The second-order valence-corrected chi connectivity index (χ2v) is 8.58. The number of carbonyl (C=O) groups is 1. The van der Waals surface area contributed by atoms with Gasteiger partial charge in [-0.05, 0) is 44.5 Å². The van der Waals surface area contributed by atoms with Crippen LogP contribution in [0.2, 0.25) is 0 Å². The summed E-state index contributed by atoms with van der Waals surface area (Å²) >= 11 is 0. The summed E-state index contributed by atoms with van der Waals surface area (Å²) in [6.45, 7) is 6.27. The third-order valence-electron chi connectivity index (χ3n) is 5.49. The van der Waals surface area contributed by atoms with Gasteiger partial charge in [-0.2, -0.15) is 0 Å². The Labute approximate surface area is 210 Å².